The summed E-state index contributed by atoms with van der Waals surface area (Å²) in [6, 6.07) is 12.5. The Morgan fingerprint density at radius 2 is 1.85 bits per heavy atom. The molecule has 1 heterocycles. The molecule has 0 spiro atoms. The second-order valence-corrected chi connectivity index (χ2v) is 7.56. The summed E-state index contributed by atoms with van der Waals surface area (Å²) in [5.41, 5.74) is 2.82. The fourth-order valence-corrected chi connectivity index (χ4v) is 2.61. The number of rotatable bonds is 3. The number of benzene rings is 2. The Morgan fingerprint density at radius 3 is 2.58 bits per heavy atom. The fraction of sp³-hybridized carbons (Fsp3) is 0.250. The molecule has 134 valence electrons. The molecule has 6 heteroatoms. The normalized spacial score (nSPS) is 12.8. The van der Waals surface area contributed by atoms with E-state index in [0.717, 1.165) is 0 Å². The van der Waals surface area contributed by atoms with E-state index in [9.17, 15) is 9.90 Å². The number of carbonyl (C=O) groups excluding carboxylic acids is 1. The van der Waals surface area contributed by atoms with Gasteiger partial charge in [0.05, 0.1) is 17.2 Å². The fourth-order valence-electron chi connectivity index (χ4n) is 2.47. The molecule has 0 aliphatic rings. The van der Waals surface area contributed by atoms with E-state index in [0.29, 0.717) is 33.0 Å². The molecule has 1 aromatic heterocycles. The molecule has 1 amide bonds. The minimum absolute atomic E-state index is 0.0836. The van der Waals surface area contributed by atoms with Crippen LogP contribution in [-0.4, -0.2) is 21.0 Å². The predicted molar refractivity (Wildman–Crippen MR) is 103 cm³/mol. The predicted octanol–water partition coefficient (Wildman–Crippen LogP) is 4.35. The quantitative estimate of drug-likeness (QED) is 0.719. The summed E-state index contributed by atoms with van der Waals surface area (Å²) in [7, 11) is 0. The third-order valence-corrected chi connectivity index (χ3v) is 4.18. The van der Waals surface area contributed by atoms with Crippen LogP contribution in [0.15, 0.2) is 48.7 Å². The van der Waals surface area contributed by atoms with E-state index >= 15 is 0 Å². The number of amides is 1. The first-order valence-corrected chi connectivity index (χ1v) is 8.63. The van der Waals surface area contributed by atoms with E-state index in [2.05, 4.69) is 15.3 Å². The lowest BCUT2D eigenvalue weighted by molar-refractivity contribution is -0.123. The van der Waals surface area contributed by atoms with Gasteiger partial charge in [-0.2, -0.15) is 0 Å². The van der Waals surface area contributed by atoms with Crippen molar-refractivity contribution in [3.8, 4) is 0 Å². The number of nitrogens with zero attached hydrogens (tertiary/aromatic N) is 2. The minimum Gasteiger partial charge on any atom is -0.384 e. The molecule has 26 heavy (non-hydrogen) atoms. The summed E-state index contributed by atoms with van der Waals surface area (Å²) >= 11 is 5.90. The maximum atomic E-state index is 12.2. The van der Waals surface area contributed by atoms with Crippen LogP contribution in [0.1, 0.15) is 38.0 Å². The Hall–Kier alpha value is -2.50. The zero-order valence-electron chi connectivity index (χ0n) is 14.8. The number of hydrogen-bond acceptors (Lipinski definition) is 4. The topological polar surface area (TPSA) is 75.1 Å². The summed E-state index contributed by atoms with van der Waals surface area (Å²) in [4.78, 5) is 20.6. The molecule has 1 unspecified atom stereocenters. The highest BCUT2D eigenvalue weighted by Gasteiger charge is 2.21. The maximum absolute atomic E-state index is 12.2. The average molecular weight is 370 g/mol. The lowest BCUT2D eigenvalue weighted by Gasteiger charge is -2.19. The lowest BCUT2D eigenvalue weighted by atomic mass is 9.95. The molecular formula is C20H20ClN3O2. The molecular weight excluding hydrogens is 350 g/mol. The summed E-state index contributed by atoms with van der Waals surface area (Å²) < 4.78 is 0. The van der Waals surface area contributed by atoms with Crippen molar-refractivity contribution in [1.29, 1.82) is 0 Å². The number of nitrogens with one attached hydrogen (secondary N) is 1. The monoisotopic (exact) mass is 369 g/mol. The van der Waals surface area contributed by atoms with Crippen molar-refractivity contribution in [3.63, 3.8) is 0 Å². The van der Waals surface area contributed by atoms with E-state index in [1.807, 2.05) is 26.8 Å². The van der Waals surface area contributed by atoms with Crippen molar-refractivity contribution >= 4 is 34.2 Å². The van der Waals surface area contributed by atoms with Crippen LogP contribution < -0.4 is 5.32 Å². The molecule has 2 N–H and O–H groups in total. The third-order valence-electron chi connectivity index (χ3n) is 3.99. The SMILES string of the molecule is CC(C)(C)C(=O)Nc1cccc(C(O)c2ccc3ncc(Cl)nc3c2)c1. The highest BCUT2D eigenvalue weighted by Crippen LogP contribution is 2.27. The number of aliphatic hydroxyl groups is 1. The molecule has 0 fully saturated rings. The number of fused-ring (bicyclic) bond motifs is 1. The first-order chi connectivity index (χ1) is 12.2. The Bertz CT molecular complexity index is 967. The molecule has 0 aliphatic carbocycles. The van der Waals surface area contributed by atoms with Crippen LogP contribution in [0.2, 0.25) is 5.15 Å². The molecule has 1 atom stereocenters. The smallest absolute Gasteiger partial charge is 0.229 e. The van der Waals surface area contributed by atoms with E-state index in [4.69, 9.17) is 11.6 Å². The van der Waals surface area contributed by atoms with Crippen molar-refractivity contribution in [3.05, 3.63) is 64.9 Å². The van der Waals surface area contributed by atoms with Gasteiger partial charge in [0.2, 0.25) is 5.91 Å². The molecule has 0 radical (unpaired) electrons. The zero-order chi connectivity index (χ0) is 18.9. The average Bonchev–Trinajstić information content (AvgIpc) is 2.59. The van der Waals surface area contributed by atoms with Gasteiger partial charge in [0, 0.05) is 11.1 Å². The molecule has 0 aliphatic heterocycles. The molecule has 5 nitrogen and oxygen atoms in total. The summed E-state index contributed by atoms with van der Waals surface area (Å²) in [5.74, 6) is -0.0836. The summed E-state index contributed by atoms with van der Waals surface area (Å²) in [6.45, 7) is 5.55. The standard InChI is InChI=1S/C20H20ClN3O2/c1-20(2,3)19(26)23-14-6-4-5-12(9-14)18(25)13-7-8-15-16(10-13)24-17(21)11-22-15/h4-11,18,25H,1-3H3,(H,23,26). The van der Waals surface area contributed by atoms with Crippen LogP contribution in [0.5, 0.6) is 0 Å². The van der Waals surface area contributed by atoms with Gasteiger partial charge in [-0.15, -0.1) is 0 Å². The maximum Gasteiger partial charge on any atom is 0.229 e. The van der Waals surface area contributed by atoms with Gasteiger partial charge in [-0.25, -0.2) is 4.98 Å². The van der Waals surface area contributed by atoms with Gasteiger partial charge < -0.3 is 10.4 Å². The van der Waals surface area contributed by atoms with Gasteiger partial charge in [-0.05, 0) is 35.4 Å². The van der Waals surface area contributed by atoms with Gasteiger partial charge in [0.25, 0.3) is 0 Å². The largest absolute Gasteiger partial charge is 0.384 e. The van der Waals surface area contributed by atoms with Gasteiger partial charge in [-0.1, -0.05) is 50.6 Å². The van der Waals surface area contributed by atoms with Gasteiger partial charge in [0.1, 0.15) is 11.3 Å². The second kappa shape index (κ2) is 7.02. The molecule has 2 aromatic carbocycles. The van der Waals surface area contributed by atoms with Gasteiger partial charge >= 0.3 is 0 Å². The van der Waals surface area contributed by atoms with Crippen molar-refractivity contribution in [2.45, 2.75) is 26.9 Å². The number of anilines is 1. The number of halogens is 1. The number of hydrogen-bond donors (Lipinski definition) is 2. The van der Waals surface area contributed by atoms with Gasteiger partial charge in [0.15, 0.2) is 0 Å². The van der Waals surface area contributed by atoms with Crippen LogP contribution >= 0.6 is 11.6 Å². The summed E-state index contributed by atoms with van der Waals surface area (Å²) in [6.07, 6.45) is 0.633. The zero-order valence-corrected chi connectivity index (χ0v) is 15.6. The molecule has 3 aromatic rings. The minimum atomic E-state index is -0.855. The van der Waals surface area contributed by atoms with Crippen molar-refractivity contribution in [1.82, 2.24) is 9.97 Å². The van der Waals surface area contributed by atoms with Crippen LogP contribution in [0.4, 0.5) is 5.69 Å². The Morgan fingerprint density at radius 1 is 1.12 bits per heavy atom. The van der Waals surface area contributed by atoms with Crippen LogP contribution in [0, 0.1) is 5.41 Å². The van der Waals surface area contributed by atoms with Crippen molar-refractivity contribution < 1.29 is 9.90 Å². The first-order valence-electron chi connectivity index (χ1n) is 8.26. The number of carbonyl (C=O) groups is 1. The van der Waals surface area contributed by atoms with E-state index < -0.39 is 11.5 Å². The van der Waals surface area contributed by atoms with Crippen molar-refractivity contribution in [2.24, 2.45) is 5.41 Å². The molecule has 0 bridgehead atoms. The van der Waals surface area contributed by atoms with Crippen LogP contribution in [0.3, 0.4) is 0 Å². The summed E-state index contributed by atoms with van der Waals surface area (Å²) in [5, 5.41) is 13.9. The van der Waals surface area contributed by atoms with Gasteiger partial charge in [-0.3, -0.25) is 9.78 Å². The second-order valence-electron chi connectivity index (χ2n) is 7.17. The molecule has 0 saturated heterocycles. The number of aliphatic hydroxyl groups excluding tert-OH is 1. The molecule has 0 saturated carbocycles. The highest BCUT2D eigenvalue weighted by molar-refractivity contribution is 6.29. The molecule has 3 rings (SSSR count). The lowest BCUT2D eigenvalue weighted by Crippen LogP contribution is -2.27. The number of aromatic nitrogens is 2. The Kier molecular flexibility index (Phi) is 4.94. The van der Waals surface area contributed by atoms with E-state index in [1.54, 1.807) is 36.4 Å². The Balaban J connectivity index is 1.89. The Labute approximate surface area is 157 Å². The van der Waals surface area contributed by atoms with E-state index in [-0.39, 0.29) is 5.91 Å². The first kappa shape index (κ1) is 18.3. The third kappa shape index (κ3) is 4.00. The van der Waals surface area contributed by atoms with Crippen LogP contribution in [-0.2, 0) is 4.79 Å². The van der Waals surface area contributed by atoms with E-state index in [1.165, 1.54) is 6.20 Å². The highest BCUT2D eigenvalue weighted by atomic mass is 35.5. The van der Waals surface area contributed by atoms with Crippen molar-refractivity contribution in [2.75, 3.05) is 5.32 Å². The van der Waals surface area contributed by atoms with Crippen LogP contribution in [0.25, 0.3) is 11.0 Å².